The maximum absolute atomic E-state index is 12.2. The van der Waals surface area contributed by atoms with E-state index in [4.69, 9.17) is 5.73 Å². The third-order valence-corrected chi connectivity index (χ3v) is 4.10. The predicted molar refractivity (Wildman–Crippen MR) is 98.5 cm³/mol. The highest BCUT2D eigenvalue weighted by molar-refractivity contribution is 5.92. The van der Waals surface area contributed by atoms with Crippen molar-refractivity contribution in [1.82, 2.24) is 16.0 Å². The quantitative estimate of drug-likeness (QED) is 0.238. The van der Waals surface area contributed by atoms with Crippen molar-refractivity contribution in [2.45, 2.75) is 58.7 Å². The monoisotopic (exact) mass is 388 g/mol. The van der Waals surface area contributed by atoms with Crippen molar-refractivity contribution >= 4 is 23.7 Å². The smallest absolute Gasteiger partial charge is 0.326 e. The normalized spacial score (nSPS) is 15.4. The third-order valence-electron chi connectivity index (χ3n) is 4.10. The Morgan fingerprint density at radius 2 is 1.63 bits per heavy atom. The largest absolute Gasteiger partial charge is 0.480 e. The van der Waals surface area contributed by atoms with E-state index in [1.807, 2.05) is 13.8 Å². The molecule has 0 saturated carbocycles. The van der Waals surface area contributed by atoms with Crippen molar-refractivity contribution in [3.63, 3.8) is 0 Å². The standard InChI is InChI=1S/C17H32N4O6/c1-5-10(4)14(17(26)27)21-16(25)12(8-22)20-13(23)7-19-15(24)11(18)6-9(2)3/h9-12,14,22H,5-8,18H2,1-4H3,(H,19,24)(H,20,23)(H,21,25)(H,26,27). The van der Waals surface area contributed by atoms with Crippen LogP contribution in [0.5, 0.6) is 0 Å². The van der Waals surface area contributed by atoms with Crippen LogP contribution in [0.15, 0.2) is 0 Å². The number of nitrogens with two attached hydrogens (primary N) is 1. The molecule has 0 aromatic heterocycles. The molecule has 0 saturated heterocycles. The summed E-state index contributed by atoms with van der Waals surface area (Å²) < 4.78 is 0. The zero-order valence-electron chi connectivity index (χ0n) is 16.3. The van der Waals surface area contributed by atoms with E-state index < -0.39 is 55.0 Å². The van der Waals surface area contributed by atoms with Crippen LogP contribution < -0.4 is 21.7 Å². The van der Waals surface area contributed by atoms with Gasteiger partial charge in [0.1, 0.15) is 12.1 Å². The molecule has 0 bridgehead atoms. The number of carboxylic acid groups (broad SMARTS) is 1. The zero-order valence-corrected chi connectivity index (χ0v) is 16.3. The lowest BCUT2D eigenvalue weighted by Crippen LogP contribution is -2.56. The maximum atomic E-state index is 12.2. The van der Waals surface area contributed by atoms with Crippen molar-refractivity contribution in [1.29, 1.82) is 0 Å². The zero-order chi connectivity index (χ0) is 21.1. The van der Waals surface area contributed by atoms with Gasteiger partial charge in [0.25, 0.3) is 0 Å². The summed E-state index contributed by atoms with van der Waals surface area (Å²) in [7, 11) is 0. The second kappa shape index (κ2) is 12.2. The minimum Gasteiger partial charge on any atom is -0.480 e. The van der Waals surface area contributed by atoms with E-state index in [9.17, 15) is 29.4 Å². The molecule has 10 nitrogen and oxygen atoms in total. The molecule has 10 heteroatoms. The van der Waals surface area contributed by atoms with Crippen LogP contribution in [0.4, 0.5) is 0 Å². The molecule has 0 heterocycles. The lowest BCUT2D eigenvalue weighted by molar-refractivity contribution is -0.144. The van der Waals surface area contributed by atoms with Gasteiger partial charge in [0, 0.05) is 0 Å². The summed E-state index contributed by atoms with van der Waals surface area (Å²) >= 11 is 0. The van der Waals surface area contributed by atoms with Crippen molar-refractivity contribution in [2.75, 3.05) is 13.2 Å². The molecule has 0 rings (SSSR count). The molecule has 0 spiro atoms. The van der Waals surface area contributed by atoms with E-state index >= 15 is 0 Å². The predicted octanol–water partition coefficient (Wildman–Crippen LogP) is -1.43. The van der Waals surface area contributed by atoms with Gasteiger partial charge in [-0.05, 0) is 18.3 Å². The van der Waals surface area contributed by atoms with E-state index in [2.05, 4.69) is 16.0 Å². The van der Waals surface area contributed by atoms with Gasteiger partial charge in [-0.1, -0.05) is 34.1 Å². The SMILES string of the molecule is CCC(C)C(NC(=O)C(CO)NC(=O)CNC(=O)C(N)CC(C)C)C(=O)O. The highest BCUT2D eigenvalue weighted by Crippen LogP contribution is 2.08. The minimum atomic E-state index is -1.33. The molecule has 0 aromatic rings. The van der Waals surface area contributed by atoms with E-state index in [0.29, 0.717) is 12.8 Å². The first-order valence-corrected chi connectivity index (χ1v) is 9.00. The number of hydrogen-bond acceptors (Lipinski definition) is 6. The van der Waals surface area contributed by atoms with E-state index in [1.54, 1.807) is 13.8 Å². The lowest BCUT2D eigenvalue weighted by atomic mass is 9.99. The fourth-order valence-electron chi connectivity index (χ4n) is 2.29. The Balaban J connectivity index is 4.64. The highest BCUT2D eigenvalue weighted by atomic mass is 16.4. The topological polar surface area (TPSA) is 171 Å². The molecule has 0 aliphatic carbocycles. The van der Waals surface area contributed by atoms with Crippen LogP contribution in [0.1, 0.15) is 40.5 Å². The molecular formula is C17H32N4O6. The van der Waals surface area contributed by atoms with Gasteiger partial charge in [-0.25, -0.2) is 4.79 Å². The van der Waals surface area contributed by atoms with Crippen LogP contribution in [0, 0.1) is 11.8 Å². The number of aliphatic hydroxyl groups excluding tert-OH is 1. The van der Waals surface area contributed by atoms with Gasteiger partial charge >= 0.3 is 5.97 Å². The number of aliphatic hydroxyl groups is 1. The molecule has 0 fully saturated rings. The summed E-state index contributed by atoms with van der Waals surface area (Å²) in [6.07, 6.45) is 0.984. The van der Waals surface area contributed by atoms with Gasteiger partial charge in [0.15, 0.2) is 0 Å². The van der Waals surface area contributed by atoms with Crippen LogP contribution in [-0.2, 0) is 19.2 Å². The average molecular weight is 388 g/mol. The van der Waals surface area contributed by atoms with Gasteiger partial charge in [0.2, 0.25) is 17.7 Å². The Hall–Kier alpha value is -2.20. The number of carboxylic acids is 1. The van der Waals surface area contributed by atoms with Crippen molar-refractivity contribution < 1.29 is 29.4 Å². The van der Waals surface area contributed by atoms with Crippen LogP contribution in [0.3, 0.4) is 0 Å². The van der Waals surface area contributed by atoms with E-state index in [-0.39, 0.29) is 11.8 Å². The van der Waals surface area contributed by atoms with E-state index in [1.165, 1.54) is 0 Å². The molecule has 4 atom stereocenters. The summed E-state index contributed by atoms with van der Waals surface area (Å²) in [6, 6.07) is -3.21. The van der Waals surface area contributed by atoms with Crippen molar-refractivity contribution in [2.24, 2.45) is 17.6 Å². The minimum absolute atomic E-state index is 0.217. The first-order chi connectivity index (χ1) is 12.5. The van der Waals surface area contributed by atoms with Crippen LogP contribution >= 0.6 is 0 Å². The molecular weight excluding hydrogens is 356 g/mol. The van der Waals surface area contributed by atoms with Gasteiger partial charge < -0.3 is 31.9 Å². The van der Waals surface area contributed by atoms with Crippen LogP contribution in [0.25, 0.3) is 0 Å². The third kappa shape index (κ3) is 9.34. The van der Waals surface area contributed by atoms with Gasteiger partial charge in [0.05, 0.1) is 19.2 Å². The number of nitrogens with one attached hydrogen (secondary N) is 3. The summed E-state index contributed by atoms with van der Waals surface area (Å²) in [5.41, 5.74) is 5.70. The number of hydrogen-bond donors (Lipinski definition) is 6. The second-order valence-electron chi connectivity index (χ2n) is 6.97. The first kappa shape index (κ1) is 24.8. The Bertz CT molecular complexity index is 526. The lowest BCUT2D eigenvalue weighted by Gasteiger charge is -2.23. The van der Waals surface area contributed by atoms with Gasteiger partial charge in [-0.15, -0.1) is 0 Å². The Labute approximate surface area is 159 Å². The van der Waals surface area contributed by atoms with Gasteiger partial charge in [-0.3, -0.25) is 14.4 Å². The molecule has 3 amide bonds. The molecule has 27 heavy (non-hydrogen) atoms. The average Bonchev–Trinajstić information content (AvgIpc) is 2.60. The molecule has 0 aliphatic rings. The molecule has 0 aliphatic heterocycles. The Morgan fingerprint density at radius 3 is 2.07 bits per heavy atom. The molecule has 7 N–H and O–H groups in total. The Morgan fingerprint density at radius 1 is 1.04 bits per heavy atom. The highest BCUT2D eigenvalue weighted by Gasteiger charge is 2.29. The number of carbonyl (C=O) groups is 4. The maximum Gasteiger partial charge on any atom is 0.326 e. The number of rotatable bonds is 12. The molecule has 0 aromatic carbocycles. The molecule has 4 unspecified atom stereocenters. The fraction of sp³-hybridized carbons (Fsp3) is 0.765. The number of aliphatic carboxylic acids is 1. The summed E-state index contributed by atoms with van der Waals surface area (Å²) in [6.45, 7) is 6.14. The van der Waals surface area contributed by atoms with Gasteiger partial charge in [-0.2, -0.15) is 0 Å². The first-order valence-electron chi connectivity index (χ1n) is 9.00. The molecule has 156 valence electrons. The number of carbonyl (C=O) groups excluding carboxylic acids is 3. The number of amides is 3. The fourth-order valence-corrected chi connectivity index (χ4v) is 2.29. The van der Waals surface area contributed by atoms with Crippen LogP contribution in [0.2, 0.25) is 0 Å². The van der Waals surface area contributed by atoms with E-state index in [0.717, 1.165) is 0 Å². The van der Waals surface area contributed by atoms with Crippen LogP contribution in [-0.4, -0.2) is 65.2 Å². The Kier molecular flexibility index (Phi) is 11.2. The van der Waals surface area contributed by atoms with Crippen molar-refractivity contribution in [3.8, 4) is 0 Å². The summed E-state index contributed by atoms with van der Waals surface area (Å²) in [5.74, 6) is -3.33. The second-order valence-corrected chi connectivity index (χ2v) is 6.97. The molecule has 0 radical (unpaired) electrons. The summed E-state index contributed by atoms with van der Waals surface area (Å²) in [5, 5.41) is 25.4. The van der Waals surface area contributed by atoms with Crippen molar-refractivity contribution in [3.05, 3.63) is 0 Å². The summed E-state index contributed by atoms with van der Waals surface area (Å²) in [4.78, 5) is 47.1.